The van der Waals surface area contributed by atoms with Gasteiger partial charge in [0.2, 0.25) is 4.57 Å². The summed E-state index contributed by atoms with van der Waals surface area (Å²) in [6.07, 6.45) is -6.00. The number of hydrazine groups is 1. The number of alkyl halides is 7. The minimum absolute atomic E-state index is 0.0880. The molecule has 0 aliphatic carbocycles. The lowest BCUT2D eigenvalue weighted by molar-refractivity contribution is -0.141. The van der Waals surface area contributed by atoms with Crippen molar-refractivity contribution in [3.05, 3.63) is 66.1 Å². The van der Waals surface area contributed by atoms with E-state index in [1.165, 1.54) is 0 Å². The Kier molecular flexibility index (Phi) is 11.6. The van der Waals surface area contributed by atoms with Gasteiger partial charge in [0.15, 0.2) is 11.5 Å². The highest BCUT2D eigenvalue weighted by atomic mass is 127. The van der Waals surface area contributed by atoms with Crippen LogP contribution in [0, 0.1) is 0 Å². The van der Waals surface area contributed by atoms with E-state index in [1.54, 1.807) is 15.6 Å². The van der Waals surface area contributed by atoms with Crippen molar-refractivity contribution in [3.63, 3.8) is 0 Å². The Labute approximate surface area is 361 Å². The number of halogens is 14. The second kappa shape index (κ2) is 14.9. The maximum absolute atomic E-state index is 14.7. The van der Waals surface area contributed by atoms with E-state index in [9.17, 15) is 26.3 Å². The highest BCUT2D eigenvalue weighted by molar-refractivity contribution is 14.1. The summed E-state index contributed by atoms with van der Waals surface area (Å²) in [5.74, 6) is -0.330. The molecule has 0 bridgehead atoms. The Hall–Kier alpha value is -0.940. The molecule has 0 amide bonds. The third kappa shape index (κ3) is 7.25. The zero-order chi connectivity index (χ0) is 38.2. The summed E-state index contributed by atoms with van der Waals surface area (Å²) in [4.78, 5) is 0. The van der Waals surface area contributed by atoms with Crippen LogP contribution in [0.25, 0.3) is 17.2 Å². The molecule has 0 aromatic carbocycles. The number of aromatic nitrogens is 10. The lowest BCUT2D eigenvalue weighted by Crippen LogP contribution is -2.47. The van der Waals surface area contributed by atoms with Crippen LogP contribution in [0.2, 0.25) is 0 Å². The Balaban J connectivity index is 1.53. The van der Waals surface area contributed by atoms with Crippen molar-refractivity contribution in [2.24, 2.45) is 0 Å². The van der Waals surface area contributed by atoms with Gasteiger partial charge in [-0.05, 0) is 147 Å². The molecule has 5 aromatic rings. The van der Waals surface area contributed by atoms with Crippen molar-refractivity contribution in [2.45, 2.75) is 56.5 Å². The van der Waals surface area contributed by atoms with Crippen LogP contribution in [0.4, 0.5) is 32.0 Å². The van der Waals surface area contributed by atoms with Gasteiger partial charge < -0.3 is 0 Å². The van der Waals surface area contributed by atoms with Gasteiger partial charge in [0, 0.05) is 12.3 Å². The minimum Gasteiger partial charge on any atom is -0.289 e. The van der Waals surface area contributed by atoms with Crippen LogP contribution in [0.5, 0.6) is 0 Å². The number of nitrogens with one attached hydrogen (secondary N) is 2. The Bertz CT molecular complexity index is 2200. The largest absolute Gasteiger partial charge is 0.437 e. The van der Waals surface area contributed by atoms with Crippen LogP contribution < -0.4 is 10.4 Å². The molecule has 280 valence electrons. The first-order chi connectivity index (χ1) is 24.2. The molecule has 1 unspecified atom stereocenters. The molecule has 52 heavy (non-hydrogen) atoms. The summed E-state index contributed by atoms with van der Waals surface area (Å²) in [6.45, 7) is 3.80. The number of hydrogen-bond donors (Lipinski definition) is 2. The molecule has 0 fully saturated rings. The van der Waals surface area contributed by atoms with Gasteiger partial charge in [-0.1, -0.05) is 20.3 Å². The number of anilines is 1. The van der Waals surface area contributed by atoms with Crippen LogP contribution >= 0.6 is 134 Å². The number of aromatic amines is 1. The third-order valence-corrected chi connectivity index (χ3v) is 13.6. The van der Waals surface area contributed by atoms with Crippen molar-refractivity contribution in [1.29, 1.82) is 0 Å². The monoisotopic (exact) mass is 1290 g/mol. The molecule has 0 saturated heterocycles. The normalized spacial score (nSPS) is 16.7. The molecule has 1 aliphatic rings. The number of aryl methyl sites for hydroxylation is 2. The van der Waals surface area contributed by atoms with Gasteiger partial charge in [-0.3, -0.25) is 10.5 Å². The van der Waals surface area contributed by atoms with E-state index in [0.29, 0.717) is 55.7 Å². The van der Waals surface area contributed by atoms with Gasteiger partial charge in [0.05, 0.1) is 36.2 Å². The molecule has 6 rings (SSSR count). The van der Waals surface area contributed by atoms with Crippen molar-refractivity contribution in [3.8, 4) is 17.2 Å². The molecule has 1 atom stereocenters. The molecule has 0 saturated carbocycles. The fraction of sp³-hybridized carbons (Fsp3) is 0.346. The van der Waals surface area contributed by atoms with Crippen LogP contribution in [0.3, 0.4) is 0 Å². The van der Waals surface area contributed by atoms with Gasteiger partial charge in [0.1, 0.15) is 35.5 Å². The van der Waals surface area contributed by atoms with Crippen LogP contribution in [0.15, 0.2) is 43.3 Å². The number of H-pyrrole nitrogens is 1. The highest BCUT2D eigenvalue weighted by Crippen LogP contribution is 2.47. The molecular weight excluding hydrogens is 1280 g/mol. The topological polar surface area (TPSA) is 115 Å². The van der Waals surface area contributed by atoms with Gasteiger partial charge in [-0.25, -0.2) is 23.7 Å². The van der Waals surface area contributed by atoms with Crippen LogP contribution in [-0.4, -0.2) is 55.5 Å². The SMILES string of the molecule is CCCc1nn(-c2c(C(F)(F)F)nn(-c3n[nH]c(CC(F)(F)F)c3Br)c2Br)c(Br)c1-n1nc(CC)c(N2NC(I)=CC2(Br)n2cc(Br)c(Br)n2)c1Br. The van der Waals surface area contributed by atoms with Crippen LogP contribution in [0.1, 0.15) is 43.0 Å². The Morgan fingerprint density at radius 1 is 0.827 bits per heavy atom. The molecule has 6 heterocycles. The van der Waals surface area contributed by atoms with Crippen LogP contribution in [-0.2, 0) is 30.0 Å². The predicted molar refractivity (Wildman–Crippen MR) is 211 cm³/mol. The zero-order valence-electron chi connectivity index (χ0n) is 25.7. The zero-order valence-corrected chi connectivity index (χ0v) is 39.0. The summed E-state index contributed by atoms with van der Waals surface area (Å²) >= 11 is 26.4. The van der Waals surface area contributed by atoms with Gasteiger partial charge >= 0.3 is 12.4 Å². The number of hydrogen-bond acceptors (Lipinski definition) is 7. The first-order valence-electron chi connectivity index (χ1n) is 14.5. The predicted octanol–water partition coefficient (Wildman–Crippen LogP) is 10.7. The van der Waals surface area contributed by atoms with Gasteiger partial charge in [-0.15, -0.1) is 0 Å². The Morgan fingerprint density at radius 3 is 2.02 bits per heavy atom. The summed E-state index contributed by atoms with van der Waals surface area (Å²) in [5, 5.41) is 25.7. The average Bonchev–Trinajstić information content (AvgIpc) is 3.86. The fourth-order valence-electron chi connectivity index (χ4n) is 5.27. The van der Waals surface area contributed by atoms with E-state index < -0.39 is 40.4 Å². The molecule has 0 radical (unpaired) electrons. The lowest BCUT2D eigenvalue weighted by atomic mass is 10.2. The quantitative estimate of drug-likeness (QED) is 0.0654. The molecule has 1 aliphatic heterocycles. The molecule has 26 heteroatoms. The van der Waals surface area contributed by atoms with Gasteiger partial charge in [-0.2, -0.15) is 51.8 Å². The summed E-state index contributed by atoms with van der Waals surface area (Å²) in [7, 11) is 0. The molecular formula is C26H18Br7F6IN12. The van der Waals surface area contributed by atoms with E-state index in [-0.39, 0.29) is 19.5 Å². The Morgan fingerprint density at radius 2 is 1.44 bits per heavy atom. The third-order valence-electron chi connectivity index (χ3n) is 7.42. The second-order valence-corrected chi connectivity index (χ2v) is 17.9. The van der Waals surface area contributed by atoms with Crippen molar-refractivity contribution in [2.75, 3.05) is 5.01 Å². The van der Waals surface area contributed by atoms with Crippen molar-refractivity contribution in [1.82, 2.24) is 54.7 Å². The summed E-state index contributed by atoms with van der Waals surface area (Å²) < 4.78 is 89.6. The first-order valence-corrected chi connectivity index (χ1v) is 21.1. The second-order valence-electron chi connectivity index (χ2n) is 10.9. The molecule has 2 N–H and O–H groups in total. The van der Waals surface area contributed by atoms with Crippen molar-refractivity contribution < 1.29 is 26.3 Å². The maximum atomic E-state index is 14.7. The standard InChI is InChI=1S/C26H18Br7F6IN12/c1-3-5-11-15(49-21(31)16(10(4-2)43-49)52-24(33,7-13(40)45-52)48-8-9(27)19(29)47-48)20(30)50(44-11)17-18(26(37,38)39)46-51(22(17)32)23-14(28)12(41-42-23)6-25(34,35)36/h7-8,45H,3-6H2,1-2H3,(H,41,42). The van der Waals surface area contributed by atoms with E-state index in [1.807, 2.05) is 24.9 Å². The van der Waals surface area contributed by atoms with E-state index in [2.05, 4.69) is 165 Å². The van der Waals surface area contributed by atoms with E-state index >= 15 is 0 Å². The fourth-order valence-corrected chi connectivity index (χ4v) is 10.0. The average molecular weight is 1300 g/mol. The lowest BCUT2D eigenvalue weighted by Gasteiger charge is -2.34. The smallest absolute Gasteiger partial charge is 0.289 e. The summed E-state index contributed by atoms with van der Waals surface area (Å²) in [5.41, 5.74) is 2.95. The summed E-state index contributed by atoms with van der Waals surface area (Å²) in [6, 6.07) is 0. The highest BCUT2D eigenvalue weighted by Gasteiger charge is 2.45. The van der Waals surface area contributed by atoms with E-state index in [4.69, 9.17) is 5.10 Å². The maximum Gasteiger partial charge on any atom is 0.437 e. The van der Waals surface area contributed by atoms with Gasteiger partial charge in [0.25, 0.3) is 0 Å². The molecule has 12 nitrogen and oxygen atoms in total. The van der Waals surface area contributed by atoms with E-state index in [0.717, 1.165) is 13.1 Å². The number of nitrogens with zero attached hydrogens (tertiary/aromatic N) is 10. The molecule has 0 spiro atoms. The number of rotatable bonds is 9. The minimum atomic E-state index is -5.02. The van der Waals surface area contributed by atoms with Crippen molar-refractivity contribution >= 4 is 140 Å². The first kappa shape index (κ1) is 40.7. The molecule has 5 aromatic heterocycles.